The molecule has 3 N–H and O–H groups in total. The van der Waals surface area contributed by atoms with Crippen LogP contribution in [0.1, 0.15) is 37.0 Å². The number of nitrogens with two attached hydrogens (primary N) is 1. The van der Waals surface area contributed by atoms with E-state index in [0.717, 1.165) is 12.8 Å². The lowest BCUT2D eigenvalue weighted by Crippen LogP contribution is -2.12. The van der Waals surface area contributed by atoms with Gasteiger partial charge in [-0.15, -0.1) is 0 Å². The van der Waals surface area contributed by atoms with Crippen LogP contribution in [-0.4, -0.2) is 17.2 Å². The maximum absolute atomic E-state index is 10.7. The molecule has 0 saturated carbocycles. The number of benzene rings is 1. The lowest BCUT2D eigenvalue weighted by molar-refractivity contribution is 0.0697. The molecule has 0 spiro atoms. The number of carboxylic acids is 1. The lowest BCUT2D eigenvalue weighted by atomic mass is 10.2. The predicted octanol–water partition coefficient (Wildman–Crippen LogP) is 2.53. The van der Waals surface area contributed by atoms with E-state index in [1.807, 2.05) is 6.92 Å². The Morgan fingerprint density at radius 2 is 2.25 bits per heavy atom. The minimum Gasteiger partial charge on any atom is -0.489 e. The van der Waals surface area contributed by atoms with Crippen molar-refractivity contribution in [3.63, 3.8) is 0 Å². The molecule has 1 unspecified atom stereocenters. The molecule has 0 aromatic heterocycles. The SMILES string of the molecule is CCCC(C)Oc1ccc(C(=O)O)cc1N. The van der Waals surface area contributed by atoms with Crippen LogP contribution in [-0.2, 0) is 0 Å². The van der Waals surface area contributed by atoms with Gasteiger partial charge in [0.1, 0.15) is 5.75 Å². The maximum Gasteiger partial charge on any atom is 0.335 e. The Labute approximate surface area is 95.0 Å². The minimum atomic E-state index is -0.986. The third-order valence-corrected chi connectivity index (χ3v) is 2.28. The van der Waals surface area contributed by atoms with E-state index in [9.17, 15) is 4.79 Å². The highest BCUT2D eigenvalue weighted by molar-refractivity contribution is 5.89. The second-order valence-corrected chi connectivity index (χ2v) is 3.77. The van der Waals surface area contributed by atoms with Crippen molar-refractivity contribution in [2.24, 2.45) is 0 Å². The molecule has 0 heterocycles. The summed E-state index contributed by atoms with van der Waals surface area (Å²) in [5.41, 5.74) is 6.25. The lowest BCUT2D eigenvalue weighted by Gasteiger charge is -2.15. The van der Waals surface area contributed by atoms with Crippen molar-refractivity contribution in [2.75, 3.05) is 5.73 Å². The maximum atomic E-state index is 10.7. The van der Waals surface area contributed by atoms with Crippen molar-refractivity contribution in [1.29, 1.82) is 0 Å². The van der Waals surface area contributed by atoms with Gasteiger partial charge in [-0.2, -0.15) is 0 Å². The molecular formula is C12H17NO3. The summed E-state index contributed by atoms with van der Waals surface area (Å²) in [6, 6.07) is 4.51. The highest BCUT2D eigenvalue weighted by Crippen LogP contribution is 2.24. The van der Waals surface area contributed by atoms with E-state index in [1.165, 1.54) is 12.1 Å². The minimum absolute atomic E-state index is 0.0861. The fraction of sp³-hybridized carbons (Fsp3) is 0.417. The van der Waals surface area contributed by atoms with Crippen molar-refractivity contribution in [2.45, 2.75) is 32.8 Å². The molecule has 0 fully saturated rings. The van der Waals surface area contributed by atoms with Gasteiger partial charge in [0.2, 0.25) is 0 Å². The van der Waals surface area contributed by atoms with Crippen LogP contribution in [0, 0.1) is 0 Å². The van der Waals surface area contributed by atoms with Gasteiger partial charge < -0.3 is 15.6 Å². The molecule has 0 aliphatic heterocycles. The summed E-state index contributed by atoms with van der Waals surface area (Å²) < 4.78 is 5.60. The molecule has 0 aliphatic carbocycles. The van der Waals surface area contributed by atoms with Crippen molar-refractivity contribution in [1.82, 2.24) is 0 Å². The fourth-order valence-electron chi connectivity index (χ4n) is 1.47. The van der Waals surface area contributed by atoms with Gasteiger partial charge in [-0.1, -0.05) is 13.3 Å². The summed E-state index contributed by atoms with van der Waals surface area (Å²) in [4.78, 5) is 10.7. The monoisotopic (exact) mass is 223 g/mol. The number of anilines is 1. The van der Waals surface area contributed by atoms with Crippen LogP contribution in [0.15, 0.2) is 18.2 Å². The molecule has 1 atom stereocenters. The molecular weight excluding hydrogens is 206 g/mol. The third kappa shape index (κ3) is 3.15. The normalized spacial score (nSPS) is 12.1. The van der Waals surface area contributed by atoms with E-state index in [2.05, 4.69) is 6.92 Å². The molecule has 1 aromatic rings. The zero-order valence-electron chi connectivity index (χ0n) is 9.56. The summed E-state index contributed by atoms with van der Waals surface area (Å²) in [7, 11) is 0. The Morgan fingerprint density at radius 3 is 2.75 bits per heavy atom. The van der Waals surface area contributed by atoms with E-state index in [0.29, 0.717) is 11.4 Å². The second kappa shape index (κ2) is 5.39. The number of carboxylic acid groups (broad SMARTS) is 1. The van der Waals surface area contributed by atoms with Gasteiger partial charge in [0, 0.05) is 0 Å². The number of aromatic carboxylic acids is 1. The Bertz CT molecular complexity index is 377. The third-order valence-electron chi connectivity index (χ3n) is 2.28. The Kier molecular flexibility index (Phi) is 4.17. The van der Waals surface area contributed by atoms with Gasteiger partial charge in [0.15, 0.2) is 0 Å². The molecule has 4 heteroatoms. The van der Waals surface area contributed by atoms with Gasteiger partial charge in [0.05, 0.1) is 17.4 Å². The van der Waals surface area contributed by atoms with Crippen LogP contribution in [0.3, 0.4) is 0 Å². The zero-order valence-corrected chi connectivity index (χ0v) is 9.56. The highest BCUT2D eigenvalue weighted by Gasteiger charge is 2.09. The smallest absolute Gasteiger partial charge is 0.335 e. The van der Waals surface area contributed by atoms with Crippen molar-refractivity contribution in [3.8, 4) is 5.75 Å². The molecule has 1 aromatic carbocycles. The van der Waals surface area contributed by atoms with E-state index in [4.69, 9.17) is 15.6 Å². The standard InChI is InChI=1S/C12H17NO3/c1-3-4-8(2)16-11-6-5-9(12(14)15)7-10(11)13/h5-8H,3-4,13H2,1-2H3,(H,14,15). The average Bonchev–Trinajstić information content (AvgIpc) is 2.21. The number of rotatable bonds is 5. The summed E-state index contributed by atoms with van der Waals surface area (Å²) >= 11 is 0. The summed E-state index contributed by atoms with van der Waals surface area (Å²) in [6.07, 6.45) is 2.07. The van der Waals surface area contributed by atoms with Gasteiger partial charge in [0.25, 0.3) is 0 Å². The fourth-order valence-corrected chi connectivity index (χ4v) is 1.47. The van der Waals surface area contributed by atoms with Gasteiger partial charge >= 0.3 is 5.97 Å². The average molecular weight is 223 g/mol. The van der Waals surface area contributed by atoms with Crippen molar-refractivity contribution in [3.05, 3.63) is 23.8 Å². The van der Waals surface area contributed by atoms with E-state index in [-0.39, 0.29) is 11.7 Å². The van der Waals surface area contributed by atoms with Crippen LogP contribution in [0.25, 0.3) is 0 Å². The van der Waals surface area contributed by atoms with E-state index >= 15 is 0 Å². The van der Waals surface area contributed by atoms with Gasteiger partial charge in [-0.25, -0.2) is 4.79 Å². The Hall–Kier alpha value is -1.71. The Morgan fingerprint density at radius 1 is 1.56 bits per heavy atom. The second-order valence-electron chi connectivity index (χ2n) is 3.77. The zero-order chi connectivity index (χ0) is 12.1. The molecule has 0 saturated heterocycles. The number of hydrogen-bond donors (Lipinski definition) is 2. The number of ether oxygens (including phenoxy) is 1. The summed E-state index contributed by atoms with van der Waals surface area (Å²) in [6.45, 7) is 4.05. The Balaban J connectivity index is 2.79. The number of nitrogen functional groups attached to an aromatic ring is 1. The molecule has 88 valence electrons. The van der Waals surface area contributed by atoms with Gasteiger partial charge in [-0.05, 0) is 31.5 Å². The quantitative estimate of drug-likeness (QED) is 0.752. The molecule has 1 rings (SSSR count). The molecule has 0 aliphatic rings. The van der Waals surface area contributed by atoms with Crippen LogP contribution in [0.4, 0.5) is 5.69 Å². The molecule has 0 radical (unpaired) electrons. The van der Waals surface area contributed by atoms with Gasteiger partial charge in [-0.3, -0.25) is 0 Å². The van der Waals surface area contributed by atoms with E-state index < -0.39 is 5.97 Å². The predicted molar refractivity (Wildman–Crippen MR) is 62.8 cm³/mol. The largest absolute Gasteiger partial charge is 0.489 e. The van der Waals surface area contributed by atoms with Crippen LogP contribution in [0.5, 0.6) is 5.75 Å². The molecule has 16 heavy (non-hydrogen) atoms. The van der Waals surface area contributed by atoms with E-state index in [1.54, 1.807) is 6.07 Å². The van der Waals surface area contributed by atoms with Crippen LogP contribution >= 0.6 is 0 Å². The van der Waals surface area contributed by atoms with Crippen molar-refractivity contribution >= 4 is 11.7 Å². The molecule has 0 amide bonds. The first-order chi connectivity index (χ1) is 7.54. The number of carbonyl (C=O) groups is 1. The first-order valence-corrected chi connectivity index (χ1v) is 5.34. The van der Waals surface area contributed by atoms with Crippen LogP contribution < -0.4 is 10.5 Å². The highest BCUT2D eigenvalue weighted by atomic mass is 16.5. The first kappa shape index (κ1) is 12.4. The molecule has 4 nitrogen and oxygen atoms in total. The number of hydrogen-bond acceptors (Lipinski definition) is 3. The first-order valence-electron chi connectivity index (χ1n) is 5.34. The molecule has 0 bridgehead atoms. The summed E-state index contributed by atoms with van der Waals surface area (Å²) in [5.74, 6) is -0.439. The van der Waals surface area contributed by atoms with Crippen molar-refractivity contribution < 1.29 is 14.6 Å². The van der Waals surface area contributed by atoms with Crippen LogP contribution in [0.2, 0.25) is 0 Å². The topological polar surface area (TPSA) is 72.5 Å². The summed E-state index contributed by atoms with van der Waals surface area (Å²) in [5, 5.41) is 8.77.